The summed E-state index contributed by atoms with van der Waals surface area (Å²) < 4.78 is 6.44. The zero-order chi connectivity index (χ0) is 13.9. The molecule has 19 heavy (non-hydrogen) atoms. The summed E-state index contributed by atoms with van der Waals surface area (Å²) in [4.78, 5) is 2.21. The molecule has 1 fully saturated rings. The molecule has 0 aliphatic heterocycles. The van der Waals surface area contributed by atoms with Gasteiger partial charge in [-0.2, -0.15) is 5.26 Å². The van der Waals surface area contributed by atoms with E-state index >= 15 is 0 Å². The van der Waals surface area contributed by atoms with Crippen molar-refractivity contribution in [3.8, 4) is 11.8 Å². The smallest absolute Gasteiger partial charge is 0.123 e. The second-order valence-electron chi connectivity index (χ2n) is 5.37. The lowest BCUT2D eigenvalue weighted by Crippen LogP contribution is -2.39. The van der Waals surface area contributed by atoms with Crippen LogP contribution in [0.3, 0.4) is 0 Å². The van der Waals surface area contributed by atoms with Crippen molar-refractivity contribution in [2.24, 2.45) is 5.41 Å². The number of rotatable bonds is 5. The van der Waals surface area contributed by atoms with Crippen molar-refractivity contribution < 1.29 is 4.74 Å². The predicted molar refractivity (Wildman–Crippen MR) is 78.9 cm³/mol. The van der Waals surface area contributed by atoms with Gasteiger partial charge in [-0.3, -0.25) is 0 Å². The molecule has 1 aromatic rings. The first kappa shape index (κ1) is 14.4. The molecule has 4 heteroatoms. The van der Waals surface area contributed by atoms with Crippen LogP contribution in [0.4, 0.5) is 0 Å². The number of ether oxygens (including phenoxy) is 1. The van der Waals surface area contributed by atoms with Gasteiger partial charge in [0.2, 0.25) is 0 Å². The molecule has 1 aliphatic rings. The zero-order valence-corrected chi connectivity index (χ0v) is 13.0. The Hall–Kier alpha value is -1.05. The van der Waals surface area contributed by atoms with E-state index in [9.17, 15) is 5.26 Å². The molecular weight excluding hydrogens is 304 g/mol. The van der Waals surface area contributed by atoms with E-state index in [0.29, 0.717) is 0 Å². The van der Waals surface area contributed by atoms with Crippen molar-refractivity contribution in [1.29, 1.82) is 5.26 Å². The van der Waals surface area contributed by atoms with Crippen LogP contribution in [0.1, 0.15) is 24.8 Å². The Morgan fingerprint density at radius 3 is 2.74 bits per heavy atom. The van der Waals surface area contributed by atoms with Crippen LogP contribution in [-0.2, 0) is 6.54 Å². The number of hydrogen-bond acceptors (Lipinski definition) is 3. The third-order valence-corrected chi connectivity index (χ3v) is 4.30. The van der Waals surface area contributed by atoms with Crippen LogP contribution in [0.5, 0.6) is 5.75 Å². The Bertz CT molecular complexity index is 491. The molecule has 0 saturated heterocycles. The number of benzene rings is 1. The molecule has 0 atom stereocenters. The van der Waals surface area contributed by atoms with E-state index in [2.05, 4.69) is 40.0 Å². The average molecular weight is 323 g/mol. The minimum Gasteiger partial charge on any atom is -0.496 e. The highest BCUT2D eigenvalue weighted by atomic mass is 79.9. The second-order valence-corrected chi connectivity index (χ2v) is 6.29. The van der Waals surface area contributed by atoms with Crippen LogP contribution in [0.2, 0.25) is 0 Å². The molecule has 1 aliphatic carbocycles. The fraction of sp³-hybridized carbons (Fsp3) is 0.533. The lowest BCUT2D eigenvalue weighted by atomic mass is 9.69. The summed E-state index contributed by atoms with van der Waals surface area (Å²) in [7, 11) is 3.76. The van der Waals surface area contributed by atoms with E-state index in [1.165, 1.54) is 6.42 Å². The van der Waals surface area contributed by atoms with E-state index in [-0.39, 0.29) is 5.41 Å². The molecule has 1 aromatic carbocycles. The molecule has 0 heterocycles. The van der Waals surface area contributed by atoms with Gasteiger partial charge in [0.05, 0.1) is 18.6 Å². The van der Waals surface area contributed by atoms with Gasteiger partial charge in [0, 0.05) is 23.1 Å². The summed E-state index contributed by atoms with van der Waals surface area (Å²) in [5, 5.41) is 9.29. The molecule has 0 bridgehead atoms. The van der Waals surface area contributed by atoms with Crippen LogP contribution < -0.4 is 4.74 Å². The summed E-state index contributed by atoms with van der Waals surface area (Å²) in [6.07, 6.45) is 3.24. The van der Waals surface area contributed by atoms with Gasteiger partial charge in [0.1, 0.15) is 5.75 Å². The summed E-state index contributed by atoms with van der Waals surface area (Å²) >= 11 is 3.49. The fourth-order valence-electron chi connectivity index (χ4n) is 2.64. The second kappa shape index (κ2) is 5.94. The summed E-state index contributed by atoms with van der Waals surface area (Å²) in [6, 6.07) is 8.51. The van der Waals surface area contributed by atoms with Gasteiger partial charge in [-0.25, -0.2) is 0 Å². The van der Waals surface area contributed by atoms with Gasteiger partial charge in [-0.05, 0) is 38.1 Å². The first-order valence-corrected chi connectivity index (χ1v) is 7.30. The van der Waals surface area contributed by atoms with Gasteiger partial charge >= 0.3 is 0 Å². The van der Waals surface area contributed by atoms with Crippen molar-refractivity contribution in [3.63, 3.8) is 0 Å². The normalized spacial score (nSPS) is 16.8. The lowest BCUT2D eigenvalue weighted by molar-refractivity contribution is 0.133. The molecule has 2 rings (SSSR count). The Kier molecular flexibility index (Phi) is 4.49. The Morgan fingerprint density at radius 1 is 1.47 bits per heavy atom. The SMILES string of the molecule is COc1ccc(Br)cc1CN(C)CC1(C#N)CCC1. The molecular formula is C15H19BrN2O. The fourth-order valence-corrected chi connectivity index (χ4v) is 3.05. The highest BCUT2D eigenvalue weighted by Gasteiger charge is 2.38. The van der Waals surface area contributed by atoms with Crippen molar-refractivity contribution in [2.75, 3.05) is 20.7 Å². The van der Waals surface area contributed by atoms with Gasteiger partial charge in [0.25, 0.3) is 0 Å². The summed E-state index contributed by atoms with van der Waals surface area (Å²) in [5.41, 5.74) is 1.03. The van der Waals surface area contributed by atoms with Gasteiger partial charge in [0.15, 0.2) is 0 Å². The van der Waals surface area contributed by atoms with E-state index in [1.807, 2.05) is 12.1 Å². The monoisotopic (exact) mass is 322 g/mol. The van der Waals surface area contributed by atoms with Gasteiger partial charge in [-0.15, -0.1) is 0 Å². The number of nitrogens with zero attached hydrogens (tertiary/aromatic N) is 2. The van der Waals surface area contributed by atoms with Crippen LogP contribution >= 0.6 is 15.9 Å². The molecule has 0 aromatic heterocycles. The molecule has 3 nitrogen and oxygen atoms in total. The van der Waals surface area contributed by atoms with Gasteiger partial charge < -0.3 is 9.64 Å². The maximum Gasteiger partial charge on any atom is 0.123 e. The molecule has 0 radical (unpaired) electrons. The summed E-state index contributed by atoms with van der Waals surface area (Å²) in [5.74, 6) is 0.898. The van der Waals surface area contributed by atoms with Crippen molar-refractivity contribution in [2.45, 2.75) is 25.8 Å². The maximum atomic E-state index is 9.29. The minimum absolute atomic E-state index is 0.117. The number of methoxy groups -OCH3 is 1. The van der Waals surface area contributed by atoms with Gasteiger partial charge in [-0.1, -0.05) is 22.4 Å². The Balaban J connectivity index is 2.04. The largest absolute Gasteiger partial charge is 0.496 e. The van der Waals surface area contributed by atoms with E-state index in [4.69, 9.17) is 4.74 Å². The maximum absolute atomic E-state index is 9.29. The van der Waals surface area contributed by atoms with Crippen LogP contribution in [0.25, 0.3) is 0 Å². The third-order valence-electron chi connectivity index (χ3n) is 3.80. The van der Waals surface area contributed by atoms with E-state index < -0.39 is 0 Å². The standard InChI is InChI=1S/C15H19BrN2O/c1-18(11-15(10-17)6-3-7-15)9-12-8-13(16)4-5-14(12)19-2/h4-5,8H,3,6-7,9,11H2,1-2H3. The van der Waals surface area contributed by atoms with E-state index in [1.54, 1.807) is 7.11 Å². The number of halogens is 1. The van der Waals surface area contributed by atoms with Crippen molar-refractivity contribution >= 4 is 15.9 Å². The van der Waals surface area contributed by atoms with Crippen LogP contribution in [0, 0.1) is 16.7 Å². The van der Waals surface area contributed by atoms with Crippen LogP contribution in [0.15, 0.2) is 22.7 Å². The number of nitriles is 1. The first-order valence-electron chi connectivity index (χ1n) is 6.51. The zero-order valence-electron chi connectivity index (χ0n) is 11.4. The van der Waals surface area contributed by atoms with Crippen LogP contribution in [-0.4, -0.2) is 25.6 Å². The molecule has 0 N–H and O–H groups in total. The molecule has 102 valence electrons. The predicted octanol–water partition coefficient (Wildman–Crippen LogP) is 3.58. The highest BCUT2D eigenvalue weighted by Crippen LogP contribution is 2.41. The summed E-state index contributed by atoms with van der Waals surface area (Å²) in [6.45, 7) is 1.63. The van der Waals surface area contributed by atoms with Crippen molar-refractivity contribution in [3.05, 3.63) is 28.2 Å². The molecule has 0 spiro atoms. The molecule has 1 saturated carbocycles. The average Bonchev–Trinajstić information content (AvgIpc) is 2.34. The van der Waals surface area contributed by atoms with E-state index in [0.717, 1.165) is 41.7 Å². The number of hydrogen-bond donors (Lipinski definition) is 0. The Labute approximate surface area is 123 Å². The quantitative estimate of drug-likeness (QED) is 0.831. The Morgan fingerprint density at radius 2 is 2.21 bits per heavy atom. The minimum atomic E-state index is -0.117. The third kappa shape index (κ3) is 3.29. The first-order chi connectivity index (χ1) is 9.08. The molecule has 0 amide bonds. The lowest BCUT2D eigenvalue weighted by Gasteiger charge is -2.38. The highest BCUT2D eigenvalue weighted by molar-refractivity contribution is 9.10. The topological polar surface area (TPSA) is 36.3 Å². The van der Waals surface area contributed by atoms with Crippen molar-refractivity contribution in [1.82, 2.24) is 4.90 Å². The molecule has 0 unspecified atom stereocenters.